The Kier molecular flexibility index (Phi) is 4.79. The summed E-state index contributed by atoms with van der Waals surface area (Å²) in [4.78, 5) is 11.2. The molecule has 5 nitrogen and oxygen atoms in total. The molecule has 6 heteroatoms. The molecular weight excluding hydrogens is 228 g/mol. The number of nitrogens with zero attached hydrogens (tertiary/aromatic N) is 2. The van der Waals surface area contributed by atoms with Crippen molar-refractivity contribution in [2.24, 2.45) is 5.92 Å². The molecule has 0 saturated carbocycles. The first-order chi connectivity index (χ1) is 7.54. The second kappa shape index (κ2) is 5.89. The molecule has 90 valence electrons. The monoisotopic (exact) mass is 244 g/mol. The highest BCUT2D eigenvalue weighted by atomic mass is 32.2. The first-order valence-electron chi connectivity index (χ1n) is 5.04. The molecule has 0 aromatic carbocycles. The summed E-state index contributed by atoms with van der Waals surface area (Å²) >= 11 is 1.60. The lowest BCUT2D eigenvalue weighted by Crippen LogP contribution is -2.15. The van der Waals surface area contributed by atoms with Gasteiger partial charge in [-0.05, 0) is 6.92 Å². The van der Waals surface area contributed by atoms with Gasteiger partial charge in [0.15, 0.2) is 0 Å². The molecule has 1 aromatic rings. The Balaban J connectivity index is 2.41. The average molecular weight is 244 g/mol. The first kappa shape index (κ1) is 13.0. The predicted octanol–water partition coefficient (Wildman–Crippen LogP) is 1.98. The standard InChI is InChI=1S/C10H16N2O3S/c1-6(10(13)14-4)5-16-7(2)9-12-11-8(3)15-9/h6-7H,5H2,1-4H3. The van der Waals surface area contributed by atoms with Gasteiger partial charge in [0, 0.05) is 12.7 Å². The minimum absolute atomic E-state index is 0.0910. The molecule has 0 aliphatic carbocycles. The summed E-state index contributed by atoms with van der Waals surface area (Å²) in [5.74, 6) is 1.51. The largest absolute Gasteiger partial charge is 0.469 e. The van der Waals surface area contributed by atoms with Gasteiger partial charge in [-0.25, -0.2) is 0 Å². The highest BCUT2D eigenvalue weighted by Gasteiger charge is 2.18. The zero-order valence-corrected chi connectivity index (χ0v) is 10.7. The molecule has 0 saturated heterocycles. The topological polar surface area (TPSA) is 65.2 Å². The van der Waals surface area contributed by atoms with E-state index in [9.17, 15) is 4.79 Å². The molecule has 0 bridgehead atoms. The molecule has 16 heavy (non-hydrogen) atoms. The number of rotatable bonds is 5. The number of carbonyl (C=O) groups is 1. The van der Waals surface area contributed by atoms with Crippen LogP contribution in [0.4, 0.5) is 0 Å². The zero-order valence-electron chi connectivity index (χ0n) is 9.89. The van der Waals surface area contributed by atoms with Crippen molar-refractivity contribution >= 4 is 17.7 Å². The van der Waals surface area contributed by atoms with Gasteiger partial charge < -0.3 is 9.15 Å². The third-order valence-electron chi connectivity index (χ3n) is 2.09. The van der Waals surface area contributed by atoms with E-state index in [2.05, 4.69) is 14.9 Å². The summed E-state index contributed by atoms with van der Waals surface area (Å²) in [5.41, 5.74) is 0. The molecule has 0 radical (unpaired) electrons. The quantitative estimate of drug-likeness (QED) is 0.738. The van der Waals surface area contributed by atoms with E-state index in [-0.39, 0.29) is 17.1 Å². The number of ether oxygens (including phenoxy) is 1. The van der Waals surface area contributed by atoms with E-state index < -0.39 is 0 Å². The van der Waals surface area contributed by atoms with Crippen LogP contribution in [0.15, 0.2) is 4.42 Å². The van der Waals surface area contributed by atoms with E-state index >= 15 is 0 Å². The molecule has 1 aromatic heterocycles. The maximum Gasteiger partial charge on any atom is 0.309 e. The molecule has 0 aliphatic heterocycles. The van der Waals surface area contributed by atoms with Crippen LogP contribution in [0.5, 0.6) is 0 Å². The van der Waals surface area contributed by atoms with Crippen LogP contribution in [0.2, 0.25) is 0 Å². The van der Waals surface area contributed by atoms with Crippen LogP contribution in [0.3, 0.4) is 0 Å². The Morgan fingerprint density at radius 2 is 2.19 bits per heavy atom. The van der Waals surface area contributed by atoms with Crippen LogP contribution < -0.4 is 0 Å². The Hall–Kier alpha value is -1.04. The Labute approximate surface area is 99.0 Å². The second-order valence-corrected chi connectivity index (χ2v) is 4.93. The van der Waals surface area contributed by atoms with Crippen LogP contribution in [0.25, 0.3) is 0 Å². The van der Waals surface area contributed by atoms with E-state index in [0.717, 1.165) is 0 Å². The first-order valence-corrected chi connectivity index (χ1v) is 6.09. The number of hydrogen-bond acceptors (Lipinski definition) is 6. The smallest absolute Gasteiger partial charge is 0.309 e. The summed E-state index contributed by atoms with van der Waals surface area (Å²) in [6.45, 7) is 5.57. The molecule has 1 rings (SSSR count). The van der Waals surface area contributed by atoms with Gasteiger partial charge in [0.05, 0.1) is 18.3 Å². The number of aromatic nitrogens is 2. The number of aryl methyl sites for hydroxylation is 1. The minimum atomic E-state index is -0.193. The molecule has 0 fully saturated rings. The predicted molar refractivity (Wildman–Crippen MR) is 61.1 cm³/mol. The Bertz CT molecular complexity index is 354. The fraction of sp³-hybridized carbons (Fsp3) is 0.700. The molecular formula is C10H16N2O3S. The molecule has 2 unspecified atom stereocenters. The molecule has 0 N–H and O–H groups in total. The van der Waals surface area contributed by atoms with E-state index in [1.807, 2.05) is 13.8 Å². The van der Waals surface area contributed by atoms with Gasteiger partial charge in [-0.1, -0.05) is 6.92 Å². The maximum absolute atomic E-state index is 11.2. The average Bonchev–Trinajstić information content (AvgIpc) is 2.71. The van der Waals surface area contributed by atoms with Crippen molar-refractivity contribution in [1.82, 2.24) is 10.2 Å². The van der Waals surface area contributed by atoms with Crippen LogP contribution >= 0.6 is 11.8 Å². The van der Waals surface area contributed by atoms with Crippen molar-refractivity contribution in [3.05, 3.63) is 11.8 Å². The number of hydrogen-bond donors (Lipinski definition) is 0. The molecule has 2 atom stereocenters. The Morgan fingerprint density at radius 1 is 1.50 bits per heavy atom. The van der Waals surface area contributed by atoms with Gasteiger partial charge in [0.25, 0.3) is 0 Å². The lowest BCUT2D eigenvalue weighted by Gasteiger charge is -2.10. The summed E-state index contributed by atoms with van der Waals surface area (Å²) in [6, 6.07) is 0. The summed E-state index contributed by atoms with van der Waals surface area (Å²) in [7, 11) is 1.40. The van der Waals surface area contributed by atoms with Crippen LogP contribution in [0, 0.1) is 12.8 Å². The van der Waals surface area contributed by atoms with Crippen molar-refractivity contribution in [2.45, 2.75) is 26.0 Å². The highest BCUT2D eigenvalue weighted by Crippen LogP contribution is 2.28. The van der Waals surface area contributed by atoms with Crippen LogP contribution in [0.1, 0.15) is 30.9 Å². The van der Waals surface area contributed by atoms with Crippen LogP contribution in [-0.2, 0) is 9.53 Å². The number of carbonyl (C=O) groups excluding carboxylic acids is 1. The number of thioether (sulfide) groups is 1. The van der Waals surface area contributed by atoms with Crippen molar-refractivity contribution in [3.63, 3.8) is 0 Å². The van der Waals surface area contributed by atoms with Gasteiger partial charge >= 0.3 is 5.97 Å². The third-order valence-corrected chi connectivity index (χ3v) is 3.48. The molecule has 0 amide bonds. The van der Waals surface area contributed by atoms with Crippen molar-refractivity contribution in [1.29, 1.82) is 0 Å². The van der Waals surface area contributed by atoms with Crippen LogP contribution in [-0.4, -0.2) is 29.0 Å². The Morgan fingerprint density at radius 3 is 2.69 bits per heavy atom. The minimum Gasteiger partial charge on any atom is -0.469 e. The van der Waals surface area contributed by atoms with Gasteiger partial charge in [-0.2, -0.15) is 0 Å². The second-order valence-electron chi connectivity index (χ2n) is 3.56. The lowest BCUT2D eigenvalue weighted by molar-refractivity contribution is -0.143. The van der Waals surface area contributed by atoms with Crippen molar-refractivity contribution in [3.8, 4) is 0 Å². The fourth-order valence-electron chi connectivity index (χ4n) is 1.11. The van der Waals surface area contributed by atoms with E-state index in [4.69, 9.17) is 4.42 Å². The fourth-order valence-corrected chi connectivity index (χ4v) is 2.06. The van der Waals surface area contributed by atoms with Gasteiger partial charge in [0.1, 0.15) is 0 Å². The van der Waals surface area contributed by atoms with Gasteiger partial charge in [-0.3, -0.25) is 4.79 Å². The van der Waals surface area contributed by atoms with E-state index in [0.29, 0.717) is 17.5 Å². The molecule has 0 aliphatic rings. The zero-order chi connectivity index (χ0) is 12.1. The SMILES string of the molecule is COC(=O)C(C)CSC(C)c1nnc(C)o1. The van der Waals surface area contributed by atoms with Crippen molar-refractivity contribution < 1.29 is 13.9 Å². The normalized spacial score (nSPS) is 14.5. The maximum atomic E-state index is 11.2. The summed E-state index contributed by atoms with van der Waals surface area (Å²) in [5, 5.41) is 7.79. The third kappa shape index (κ3) is 3.52. The molecule has 1 heterocycles. The van der Waals surface area contributed by atoms with Crippen molar-refractivity contribution in [2.75, 3.05) is 12.9 Å². The summed E-state index contributed by atoms with van der Waals surface area (Å²) in [6.07, 6.45) is 0. The van der Waals surface area contributed by atoms with Gasteiger partial charge in [0.2, 0.25) is 11.8 Å². The molecule has 0 spiro atoms. The highest BCUT2D eigenvalue weighted by molar-refractivity contribution is 7.99. The number of esters is 1. The van der Waals surface area contributed by atoms with E-state index in [1.54, 1.807) is 18.7 Å². The lowest BCUT2D eigenvalue weighted by atomic mass is 10.2. The van der Waals surface area contributed by atoms with Gasteiger partial charge in [-0.15, -0.1) is 22.0 Å². The van der Waals surface area contributed by atoms with E-state index in [1.165, 1.54) is 7.11 Å². The number of methoxy groups -OCH3 is 1. The summed E-state index contributed by atoms with van der Waals surface area (Å²) < 4.78 is 9.96.